The predicted octanol–water partition coefficient (Wildman–Crippen LogP) is 3.55. The highest BCUT2D eigenvalue weighted by molar-refractivity contribution is 7.19. The highest BCUT2D eigenvalue weighted by Gasteiger charge is 2.24. The van der Waals surface area contributed by atoms with Crippen LogP contribution in [0.1, 0.15) is 27.2 Å². The molecule has 2 aliphatic heterocycles. The molecule has 0 radical (unpaired) electrons. The number of hydrogen-bond acceptors (Lipinski definition) is 10. The van der Waals surface area contributed by atoms with Gasteiger partial charge in [0.2, 0.25) is 0 Å². The number of anilines is 1. The molecule has 6 rings (SSSR count). The summed E-state index contributed by atoms with van der Waals surface area (Å²) < 4.78 is 11.8. The Labute approximate surface area is 237 Å². The molecule has 3 aromatic heterocycles. The number of thiophene rings is 1. The summed E-state index contributed by atoms with van der Waals surface area (Å²) in [7, 11) is 0. The molecule has 5 heterocycles. The lowest BCUT2D eigenvalue weighted by atomic mass is 10.1. The number of carbonyl (C=O) groups is 1. The van der Waals surface area contributed by atoms with Gasteiger partial charge in [-0.1, -0.05) is 18.2 Å². The molecule has 0 spiro atoms. The Morgan fingerprint density at radius 3 is 2.58 bits per heavy atom. The Morgan fingerprint density at radius 1 is 1.05 bits per heavy atom. The summed E-state index contributed by atoms with van der Waals surface area (Å²) in [5.41, 5.74) is 8.92. The molecular weight excluding hydrogens is 526 g/mol. The van der Waals surface area contributed by atoms with Crippen LogP contribution in [-0.4, -0.2) is 83.1 Å². The number of piperazine rings is 1. The molecule has 0 unspecified atom stereocenters. The normalized spacial score (nSPS) is 16.8. The molecule has 4 aromatic rings. The van der Waals surface area contributed by atoms with Crippen molar-refractivity contribution in [2.75, 3.05) is 57.4 Å². The van der Waals surface area contributed by atoms with Crippen LogP contribution in [0, 0.1) is 0 Å². The third-order valence-electron chi connectivity index (χ3n) is 7.35. The Bertz CT molecular complexity index is 1460. The number of hydrogen-bond donors (Lipinski definition) is 1. The van der Waals surface area contributed by atoms with E-state index in [0.717, 1.165) is 67.2 Å². The maximum absolute atomic E-state index is 13.1. The molecule has 2 saturated heterocycles. The van der Waals surface area contributed by atoms with E-state index in [4.69, 9.17) is 24.9 Å². The zero-order valence-corrected chi connectivity index (χ0v) is 23.2. The molecule has 0 bridgehead atoms. The zero-order chi connectivity index (χ0) is 27.3. The number of aromatic nitrogens is 3. The Kier molecular flexibility index (Phi) is 8.03. The fourth-order valence-electron chi connectivity index (χ4n) is 5.14. The lowest BCUT2D eigenvalue weighted by Gasteiger charge is -2.34. The average molecular weight is 560 g/mol. The number of carbonyl (C=O) groups excluding carboxylic acids is 1. The first kappa shape index (κ1) is 26.4. The van der Waals surface area contributed by atoms with E-state index in [-0.39, 0.29) is 5.91 Å². The molecule has 1 amide bonds. The number of allylic oxidation sites excluding steroid dienone is 1. The monoisotopic (exact) mass is 559 g/mol. The SMILES string of the molecule is NC=CCCc1ccc(C(=O)N2CCN(Cc3cc4nc(-c5cocn5)nc(N5CCOCC5)c4s3)CC2)cc1. The van der Waals surface area contributed by atoms with Crippen LogP contribution in [-0.2, 0) is 17.7 Å². The smallest absolute Gasteiger partial charge is 0.253 e. The molecule has 0 atom stereocenters. The second kappa shape index (κ2) is 12.2. The molecule has 208 valence electrons. The van der Waals surface area contributed by atoms with Crippen molar-refractivity contribution in [2.24, 2.45) is 5.73 Å². The van der Waals surface area contributed by atoms with E-state index < -0.39 is 0 Å². The molecule has 2 aliphatic rings. The van der Waals surface area contributed by atoms with Crippen LogP contribution in [0.3, 0.4) is 0 Å². The van der Waals surface area contributed by atoms with Gasteiger partial charge in [0.1, 0.15) is 12.0 Å². The van der Waals surface area contributed by atoms with E-state index in [1.54, 1.807) is 23.8 Å². The van der Waals surface area contributed by atoms with Crippen LogP contribution < -0.4 is 10.6 Å². The van der Waals surface area contributed by atoms with E-state index in [0.29, 0.717) is 37.8 Å². The van der Waals surface area contributed by atoms with Crippen LogP contribution >= 0.6 is 11.3 Å². The number of aryl methyl sites for hydroxylation is 1. The number of fused-ring (bicyclic) bond motifs is 1. The van der Waals surface area contributed by atoms with Crippen molar-refractivity contribution in [1.82, 2.24) is 24.8 Å². The molecule has 2 fully saturated rings. The van der Waals surface area contributed by atoms with E-state index in [9.17, 15) is 4.79 Å². The third kappa shape index (κ3) is 5.86. The van der Waals surface area contributed by atoms with Gasteiger partial charge in [-0.05, 0) is 42.8 Å². The van der Waals surface area contributed by atoms with Crippen molar-refractivity contribution in [3.8, 4) is 11.5 Å². The number of morpholine rings is 1. The molecule has 1 aromatic carbocycles. The second-order valence-electron chi connectivity index (χ2n) is 10.0. The van der Waals surface area contributed by atoms with Gasteiger partial charge in [-0.15, -0.1) is 11.3 Å². The van der Waals surface area contributed by atoms with Gasteiger partial charge >= 0.3 is 0 Å². The fourth-order valence-corrected chi connectivity index (χ4v) is 6.30. The molecule has 40 heavy (non-hydrogen) atoms. The number of benzene rings is 1. The van der Waals surface area contributed by atoms with Crippen molar-refractivity contribution in [3.05, 3.63) is 71.3 Å². The fraction of sp³-hybridized carbons (Fsp3) is 0.379. The standard InChI is InChI=1S/C29H33N7O3S/c30-8-2-1-3-21-4-6-22(7-5-21)29(37)36-11-9-34(10-12-36)18-23-17-24-26(40-23)28(35-13-15-38-16-14-35)33-27(32-24)25-19-39-20-31-25/h2,4-8,17,19-20H,1,3,9-16,18,30H2. The number of oxazole rings is 1. The minimum Gasteiger partial charge on any atom is -0.451 e. The molecule has 2 N–H and O–H groups in total. The Morgan fingerprint density at radius 2 is 1.85 bits per heavy atom. The maximum atomic E-state index is 13.1. The van der Waals surface area contributed by atoms with E-state index >= 15 is 0 Å². The highest BCUT2D eigenvalue weighted by atomic mass is 32.1. The van der Waals surface area contributed by atoms with Gasteiger partial charge in [0.25, 0.3) is 5.91 Å². The van der Waals surface area contributed by atoms with E-state index in [2.05, 4.69) is 20.9 Å². The first-order chi connectivity index (χ1) is 19.7. The van der Waals surface area contributed by atoms with Gasteiger partial charge < -0.3 is 24.7 Å². The summed E-state index contributed by atoms with van der Waals surface area (Å²) in [6.07, 6.45) is 8.32. The van der Waals surface area contributed by atoms with E-state index in [1.807, 2.05) is 35.2 Å². The molecule has 10 nitrogen and oxygen atoms in total. The van der Waals surface area contributed by atoms with Crippen LogP contribution in [0.25, 0.3) is 21.7 Å². The van der Waals surface area contributed by atoms with Gasteiger partial charge in [0, 0.05) is 56.3 Å². The predicted molar refractivity (Wildman–Crippen MR) is 155 cm³/mol. The quantitative estimate of drug-likeness (QED) is 0.346. The first-order valence-corrected chi connectivity index (χ1v) is 14.5. The van der Waals surface area contributed by atoms with Crippen molar-refractivity contribution in [2.45, 2.75) is 19.4 Å². The van der Waals surface area contributed by atoms with Crippen molar-refractivity contribution >= 4 is 33.3 Å². The van der Waals surface area contributed by atoms with Crippen molar-refractivity contribution in [3.63, 3.8) is 0 Å². The highest BCUT2D eigenvalue weighted by Crippen LogP contribution is 2.35. The zero-order valence-electron chi connectivity index (χ0n) is 22.4. The van der Waals surface area contributed by atoms with Crippen LogP contribution in [0.5, 0.6) is 0 Å². The summed E-state index contributed by atoms with van der Waals surface area (Å²) in [5.74, 6) is 1.60. The second-order valence-corrected chi connectivity index (χ2v) is 11.1. The van der Waals surface area contributed by atoms with E-state index in [1.165, 1.54) is 16.8 Å². The summed E-state index contributed by atoms with van der Waals surface area (Å²) in [6, 6.07) is 10.1. The molecular formula is C29H33N7O3S. The lowest BCUT2D eigenvalue weighted by molar-refractivity contribution is 0.0629. The van der Waals surface area contributed by atoms with Crippen molar-refractivity contribution in [1.29, 1.82) is 0 Å². The number of nitrogens with two attached hydrogens (primary N) is 1. The number of amides is 1. The molecule has 0 aliphatic carbocycles. The third-order valence-corrected chi connectivity index (χ3v) is 8.46. The minimum absolute atomic E-state index is 0.0979. The number of ether oxygens (including phenoxy) is 1. The van der Waals surface area contributed by atoms with Gasteiger partial charge in [0.05, 0.1) is 23.4 Å². The van der Waals surface area contributed by atoms with Crippen molar-refractivity contribution < 1.29 is 13.9 Å². The van der Waals surface area contributed by atoms with Crippen LogP contribution in [0.2, 0.25) is 0 Å². The number of nitrogens with zero attached hydrogens (tertiary/aromatic N) is 6. The maximum Gasteiger partial charge on any atom is 0.253 e. The van der Waals surface area contributed by atoms with Crippen LogP contribution in [0.4, 0.5) is 5.82 Å². The summed E-state index contributed by atoms with van der Waals surface area (Å²) in [6.45, 7) is 6.85. The van der Waals surface area contributed by atoms with Gasteiger partial charge in [-0.2, -0.15) is 0 Å². The van der Waals surface area contributed by atoms with Gasteiger partial charge in [-0.25, -0.2) is 15.0 Å². The minimum atomic E-state index is 0.0979. The summed E-state index contributed by atoms with van der Waals surface area (Å²) in [5, 5.41) is 0. The summed E-state index contributed by atoms with van der Waals surface area (Å²) >= 11 is 1.74. The Hall–Kier alpha value is -3.80. The average Bonchev–Trinajstić information content (AvgIpc) is 3.68. The molecule has 11 heteroatoms. The largest absolute Gasteiger partial charge is 0.451 e. The summed E-state index contributed by atoms with van der Waals surface area (Å²) in [4.78, 5) is 35.0. The van der Waals surface area contributed by atoms with Gasteiger partial charge in [0.15, 0.2) is 18.0 Å². The lowest BCUT2D eigenvalue weighted by Crippen LogP contribution is -2.48. The molecule has 0 saturated carbocycles. The Balaban J connectivity index is 1.12. The van der Waals surface area contributed by atoms with Crippen LogP contribution in [0.15, 0.2) is 59.7 Å². The van der Waals surface area contributed by atoms with Gasteiger partial charge in [-0.3, -0.25) is 9.69 Å². The number of rotatable bonds is 8. The topological polar surface area (TPSA) is 114 Å². The first-order valence-electron chi connectivity index (χ1n) is 13.7.